The molecule has 0 aromatic carbocycles. The van der Waals surface area contributed by atoms with Crippen molar-refractivity contribution in [2.45, 2.75) is 51.5 Å². The number of carbonyl (C=O) groups is 2. The van der Waals surface area contributed by atoms with Gasteiger partial charge in [0, 0.05) is 38.4 Å². The van der Waals surface area contributed by atoms with Gasteiger partial charge in [0.15, 0.2) is 5.82 Å². The van der Waals surface area contributed by atoms with Gasteiger partial charge in [-0.3, -0.25) is 9.59 Å². The van der Waals surface area contributed by atoms with Crippen LogP contribution in [-0.4, -0.2) is 46.0 Å². The molecule has 0 spiro atoms. The Balaban J connectivity index is 1.38. The van der Waals surface area contributed by atoms with Crippen molar-refractivity contribution < 1.29 is 18.5 Å². The Hall–Kier alpha value is -2.64. The maximum atomic E-state index is 12.3. The van der Waals surface area contributed by atoms with Crippen molar-refractivity contribution in [1.82, 2.24) is 20.4 Å². The molecule has 1 aliphatic heterocycles. The fourth-order valence-electron chi connectivity index (χ4n) is 3.03. The second kappa shape index (κ2) is 8.64. The lowest BCUT2D eigenvalue weighted by Gasteiger charge is -2.32. The van der Waals surface area contributed by atoms with Crippen molar-refractivity contribution >= 4 is 11.8 Å². The third-order valence-electron chi connectivity index (χ3n) is 4.47. The molecule has 2 aromatic heterocycles. The molecule has 0 saturated carbocycles. The molecule has 0 bridgehead atoms. The summed E-state index contributed by atoms with van der Waals surface area (Å²) in [6.07, 6.45) is 6.96. The predicted molar refractivity (Wildman–Crippen MR) is 92.4 cm³/mol. The van der Waals surface area contributed by atoms with E-state index in [9.17, 15) is 9.59 Å². The van der Waals surface area contributed by atoms with Gasteiger partial charge < -0.3 is 19.2 Å². The van der Waals surface area contributed by atoms with E-state index in [2.05, 4.69) is 22.4 Å². The number of nitrogens with one attached hydrogen (secondary N) is 1. The molecule has 0 unspecified atom stereocenters. The van der Waals surface area contributed by atoms with Crippen LogP contribution >= 0.6 is 0 Å². The summed E-state index contributed by atoms with van der Waals surface area (Å²) in [4.78, 5) is 30.4. The van der Waals surface area contributed by atoms with Gasteiger partial charge in [-0.2, -0.15) is 4.98 Å². The Kier molecular flexibility index (Phi) is 6.04. The lowest BCUT2D eigenvalue weighted by atomic mass is 10.0. The second-order valence-electron chi connectivity index (χ2n) is 6.50. The molecule has 140 valence electrons. The molecule has 3 heterocycles. The molecule has 8 heteroatoms. The van der Waals surface area contributed by atoms with Gasteiger partial charge in [0.1, 0.15) is 6.26 Å². The van der Waals surface area contributed by atoms with Gasteiger partial charge in [0.25, 0.3) is 5.91 Å². The maximum absolute atomic E-state index is 12.3. The highest BCUT2D eigenvalue weighted by Gasteiger charge is 2.25. The topological polar surface area (TPSA) is 101 Å². The minimum absolute atomic E-state index is 0.0252. The predicted octanol–water partition coefficient (Wildman–Crippen LogP) is 1.97. The van der Waals surface area contributed by atoms with E-state index in [1.54, 1.807) is 11.0 Å². The second-order valence-corrected chi connectivity index (χ2v) is 6.50. The monoisotopic (exact) mass is 360 g/mol. The number of hydrogen-bond donors (Lipinski definition) is 1. The molecule has 3 rings (SSSR count). The molecule has 1 fully saturated rings. The van der Waals surface area contributed by atoms with Crippen LogP contribution in [0.15, 0.2) is 27.5 Å². The summed E-state index contributed by atoms with van der Waals surface area (Å²) < 4.78 is 10.1. The minimum Gasteiger partial charge on any atom is -0.472 e. The van der Waals surface area contributed by atoms with Gasteiger partial charge in [-0.05, 0) is 25.3 Å². The molecule has 2 amide bonds. The number of nitrogens with zero attached hydrogens (tertiary/aromatic N) is 3. The van der Waals surface area contributed by atoms with E-state index in [0.29, 0.717) is 43.2 Å². The van der Waals surface area contributed by atoms with Crippen LogP contribution in [-0.2, 0) is 17.6 Å². The maximum Gasteiger partial charge on any atom is 0.257 e. The fraction of sp³-hybridized carbons (Fsp3) is 0.556. The van der Waals surface area contributed by atoms with E-state index in [-0.39, 0.29) is 17.9 Å². The average Bonchev–Trinajstić information content (AvgIpc) is 3.32. The van der Waals surface area contributed by atoms with Gasteiger partial charge >= 0.3 is 0 Å². The van der Waals surface area contributed by atoms with Crippen molar-refractivity contribution in [1.29, 1.82) is 0 Å². The molecular weight excluding hydrogens is 336 g/mol. The fourth-order valence-corrected chi connectivity index (χ4v) is 3.03. The van der Waals surface area contributed by atoms with Crippen LogP contribution in [0.2, 0.25) is 0 Å². The largest absolute Gasteiger partial charge is 0.472 e. The Bertz CT molecular complexity index is 717. The third-order valence-corrected chi connectivity index (χ3v) is 4.47. The normalized spacial score (nSPS) is 15.2. The molecule has 0 aliphatic carbocycles. The van der Waals surface area contributed by atoms with E-state index in [4.69, 9.17) is 8.94 Å². The van der Waals surface area contributed by atoms with Gasteiger partial charge in [-0.15, -0.1) is 0 Å². The first-order valence-electron chi connectivity index (χ1n) is 9.08. The molecule has 1 N–H and O–H groups in total. The molecular formula is C18H24N4O4. The molecule has 1 saturated heterocycles. The quantitative estimate of drug-likeness (QED) is 0.810. The highest BCUT2D eigenvalue weighted by atomic mass is 16.5. The number of piperidine rings is 1. The summed E-state index contributed by atoms with van der Waals surface area (Å²) in [7, 11) is 0. The first-order chi connectivity index (χ1) is 12.7. The third kappa shape index (κ3) is 4.71. The zero-order chi connectivity index (χ0) is 18.4. The highest BCUT2D eigenvalue weighted by Crippen LogP contribution is 2.14. The Morgan fingerprint density at radius 2 is 2.12 bits per heavy atom. The van der Waals surface area contributed by atoms with Gasteiger partial charge in [0.2, 0.25) is 11.8 Å². The van der Waals surface area contributed by atoms with E-state index in [0.717, 1.165) is 25.7 Å². The summed E-state index contributed by atoms with van der Waals surface area (Å²) >= 11 is 0. The molecule has 2 aromatic rings. The summed E-state index contributed by atoms with van der Waals surface area (Å²) in [5, 5.41) is 6.91. The van der Waals surface area contributed by atoms with Gasteiger partial charge in [0.05, 0.1) is 11.8 Å². The smallest absolute Gasteiger partial charge is 0.257 e. The van der Waals surface area contributed by atoms with Crippen molar-refractivity contribution in [2.24, 2.45) is 0 Å². The SMILES string of the molecule is CCCc1noc(CCC(=O)NC2CCN(C(=O)c3ccoc3)CC2)n1. The Morgan fingerprint density at radius 3 is 2.81 bits per heavy atom. The summed E-state index contributed by atoms with van der Waals surface area (Å²) in [6.45, 7) is 3.30. The lowest BCUT2D eigenvalue weighted by molar-refractivity contribution is -0.122. The lowest BCUT2D eigenvalue weighted by Crippen LogP contribution is -2.46. The number of likely N-dealkylation sites (tertiary alicyclic amines) is 1. The standard InChI is InChI=1S/C18H24N4O4/c1-2-3-15-20-17(26-21-15)5-4-16(23)19-14-6-9-22(10-7-14)18(24)13-8-11-25-12-13/h8,11-12,14H,2-7,9-10H2,1H3,(H,19,23). The van der Waals surface area contributed by atoms with Crippen LogP contribution in [0.25, 0.3) is 0 Å². The van der Waals surface area contributed by atoms with Crippen LogP contribution < -0.4 is 5.32 Å². The molecule has 1 aliphatic rings. The number of rotatable bonds is 7. The molecule has 0 atom stereocenters. The number of aromatic nitrogens is 2. The number of amides is 2. The van der Waals surface area contributed by atoms with E-state index < -0.39 is 0 Å². The highest BCUT2D eigenvalue weighted by molar-refractivity contribution is 5.93. The van der Waals surface area contributed by atoms with Crippen molar-refractivity contribution in [2.75, 3.05) is 13.1 Å². The number of furan rings is 1. The summed E-state index contributed by atoms with van der Waals surface area (Å²) in [6, 6.07) is 1.76. The van der Waals surface area contributed by atoms with Crippen molar-refractivity contribution in [3.05, 3.63) is 35.9 Å². The zero-order valence-corrected chi connectivity index (χ0v) is 14.9. The van der Waals surface area contributed by atoms with Crippen LogP contribution in [0.5, 0.6) is 0 Å². The first kappa shape index (κ1) is 18.2. The number of aryl methyl sites for hydroxylation is 2. The number of carbonyl (C=O) groups excluding carboxylic acids is 2. The Morgan fingerprint density at radius 1 is 1.31 bits per heavy atom. The van der Waals surface area contributed by atoms with Crippen LogP contribution in [0, 0.1) is 0 Å². The average molecular weight is 360 g/mol. The molecule has 8 nitrogen and oxygen atoms in total. The van der Waals surface area contributed by atoms with Crippen molar-refractivity contribution in [3.63, 3.8) is 0 Å². The van der Waals surface area contributed by atoms with Crippen LogP contribution in [0.3, 0.4) is 0 Å². The van der Waals surface area contributed by atoms with E-state index in [1.807, 2.05) is 0 Å². The zero-order valence-electron chi connectivity index (χ0n) is 14.9. The summed E-state index contributed by atoms with van der Waals surface area (Å²) in [5.41, 5.74) is 0.564. The van der Waals surface area contributed by atoms with Crippen molar-refractivity contribution in [3.8, 4) is 0 Å². The Labute approximate surface area is 151 Å². The minimum atomic E-state index is -0.0279. The summed E-state index contributed by atoms with van der Waals surface area (Å²) in [5.74, 6) is 1.14. The molecule has 0 radical (unpaired) electrons. The number of hydrogen-bond acceptors (Lipinski definition) is 6. The molecule has 26 heavy (non-hydrogen) atoms. The van der Waals surface area contributed by atoms with E-state index in [1.165, 1.54) is 12.5 Å². The van der Waals surface area contributed by atoms with Gasteiger partial charge in [-0.25, -0.2) is 0 Å². The van der Waals surface area contributed by atoms with Crippen LogP contribution in [0.4, 0.5) is 0 Å². The van der Waals surface area contributed by atoms with E-state index >= 15 is 0 Å². The first-order valence-corrected chi connectivity index (χ1v) is 9.08. The van der Waals surface area contributed by atoms with Gasteiger partial charge in [-0.1, -0.05) is 12.1 Å². The van der Waals surface area contributed by atoms with Crippen LogP contribution in [0.1, 0.15) is 54.7 Å².